The molecule has 0 spiro atoms. The molecule has 1 fully saturated rings. The van der Waals surface area contributed by atoms with Crippen LogP contribution in [0, 0.1) is 5.41 Å². The van der Waals surface area contributed by atoms with Crippen molar-refractivity contribution in [2.45, 2.75) is 25.8 Å². The topological polar surface area (TPSA) is 41.5 Å². The Morgan fingerprint density at radius 2 is 1.95 bits per heavy atom. The molecular weight excluding hydrogens is 374 g/mol. The van der Waals surface area contributed by atoms with E-state index in [0.29, 0.717) is 5.41 Å². The predicted molar refractivity (Wildman–Crippen MR) is 83.4 cm³/mol. The largest absolute Gasteiger partial charge is 0.506 e. The van der Waals surface area contributed by atoms with Gasteiger partial charge in [0.05, 0.1) is 8.95 Å². The molecule has 5 heteroatoms. The first kappa shape index (κ1) is 15.3. The van der Waals surface area contributed by atoms with E-state index in [9.17, 15) is 5.11 Å². The van der Waals surface area contributed by atoms with Crippen molar-refractivity contribution < 1.29 is 9.84 Å². The summed E-state index contributed by atoms with van der Waals surface area (Å²) in [5, 5.41) is 13.2. The van der Waals surface area contributed by atoms with E-state index in [4.69, 9.17) is 4.74 Å². The molecule has 1 aromatic rings. The first-order valence-corrected chi connectivity index (χ1v) is 8.01. The Kier molecular flexibility index (Phi) is 5.29. The lowest BCUT2D eigenvalue weighted by atomic mass is 10.0. The summed E-state index contributed by atoms with van der Waals surface area (Å²) >= 11 is 6.70. The first-order chi connectivity index (χ1) is 9.06. The highest BCUT2D eigenvalue weighted by atomic mass is 79.9. The summed E-state index contributed by atoms with van der Waals surface area (Å²) in [6.07, 6.45) is 3.73. The predicted octanol–water partition coefficient (Wildman–Crippen LogP) is 3.82. The van der Waals surface area contributed by atoms with Crippen LogP contribution in [0.3, 0.4) is 0 Å². The molecule has 2 rings (SSSR count). The number of halogens is 2. The van der Waals surface area contributed by atoms with Crippen LogP contribution in [0.25, 0.3) is 0 Å². The number of phenolic OH excluding ortho intramolecular Hbond substituents is 1. The zero-order chi connectivity index (χ0) is 13.9. The lowest BCUT2D eigenvalue weighted by molar-refractivity contribution is 0.171. The Morgan fingerprint density at radius 3 is 2.47 bits per heavy atom. The summed E-state index contributed by atoms with van der Waals surface area (Å²) in [5.41, 5.74) is 1.61. The molecule has 0 bridgehead atoms. The lowest BCUT2D eigenvalue weighted by Crippen LogP contribution is -2.24. The van der Waals surface area contributed by atoms with Crippen LogP contribution in [0.1, 0.15) is 24.8 Å². The molecule has 0 radical (unpaired) electrons. The van der Waals surface area contributed by atoms with Crippen LogP contribution in [0.5, 0.6) is 5.75 Å². The number of aromatic hydroxyl groups is 1. The molecule has 0 unspecified atom stereocenters. The molecule has 0 aromatic heterocycles. The minimum Gasteiger partial charge on any atom is -0.506 e. The fraction of sp³-hybridized carbons (Fsp3) is 0.571. The van der Waals surface area contributed by atoms with E-state index in [0.717, 1.165) is 40.6 Å². The van der Waals surface area contributed by atoms with E-state index in [1.807, 2.05) is 12.1 Å². The van der Waals surface area contributed by atoms with Crippen LogP contribution in [0.15, 0.2) is 21.1 Å². The third kappa shape index (κ3) is 4.18. The highest BCUT2D eigenvalue weighted by Gasteiger charge is 2.41. The number of benzene rings is 1. The smallest absolute Gasteiger partial charge is 0.143 e. The second-order valence-electron chi connectivity index (χ2n) is 5.25. The SMILES string of the molecule is COCCC1(CNCc2cc(Br)c(O)c(Br)c2)CC1. The van der Waals surface area contributed by atoms with Gasteiger partial charge in [0.1, 0.15) is 5.75 Å². The standard InChI is InChI=1S/C14H19Br2NO2/c1-19-5-4-14(2-3-14)9-17-8-10-6-11(15)13(18)12(16)7-10/h6-7,17-18H,2-5,8-9H2,1H3. The number of methoxy groups -OCH3 is 1. The molecule has 2 N–H and O–H groups in total. The summed E-state index contributed by atoms with van der Waals surface area (Å²) in [4.78, 5) is 0. The van der Waals surface area contributed by atoms with Gasteiger partial charge in [0.15, 0.2) is 0 Å². The van der Waals surface area contributed by atoms with Crippen LogP contribution in [-0.2, 0) is 11.3 Å². The quantitative estimate of drug-likeness (QED) is 0.740. The van der Waals surface area contributed by atoms with Crippen molar-refractivity contribution >= 4 is 31.9 Å². The van der Waals surface area contributed by atoms with Gasteiger partial charge in [0.25, 0.3) is 0 Å². The van der Waals surface area contributed by atoms with Gasteiger partial charge in [-0.1, -0.05) is 0 Å². The first-order valence-electron chi connectivity index (χ1n) is 6.43. The number of rotatable bonds is 7. The second-order valence-corrected chi connectivity index (χ2v) is 6.96. The molecule has 1 saturated carbocycles. The third-order valence-electron chi connectivity index (χ3n) is 3.70. The summed E-state index contributed by atoms with van der Waals surface area (Å²) in [7, 11) is 1.76. The van der Waals surface area contributed by atoms with Crippen LogP contribution in [-0.4, -0.2) is 25.4 Å². The van der Waals surface area contributed by atoms with Crippen LogP contribution < -0.4 is 5.32 Å². The van der Waals surface area contributed by atoms with E-state index >= 15 is 0 Å². The number of hydrogen-bond donors (Lipinski definition) is 2. The van der Waals surface area contributed by atoms with Gasteiger partial charge >= 0.3 is 0 Å². The number of nitrogens with one attached hydrogen (secondary N) is 1. The Hall–Kier alpha value is -0.100. The van der Waals surface area contributed by atoms with E-state index in [1.54, 1.807) is 7.11 Å². The second kappa shape index (κ2) is 6.57. The maximum absolute atomic E-state index is 9.66. The van der Waals surface area contributed by atoms with Crippen LogP contribution in [0.4, 0.5) is 0 Å². The summed E-state index contributed by atoms with van der Waals surface area (Å²) in [6.45, 7) is 2.69. The molecule has 1 aliphatic carbocycles. The van der Waals surface area contributed by atoms with Gasteiger partial charge < -0.3 is 15.2 Å². The monoisotopic (exact) mass is 391 g/mol. The average molecular weight is 393 g/mol. The molecule has 0 atom stereocenters. The summed E-state index contributed by atoms with van der Waals surface area (Å²) < 4.78 is 6.60. The van der Waals surface area contributed by atoms with Gasteiger partial charge in [-0.25, -0.2) is 0 Å². The summed E-state index contributed by atoms with van der Waals surface area (Å²) in [6, 6.07) is 3.89. The van der Waals surface area contributed by atoms with E-state index in [1.165, 1.54) is 12.8 Å². The van der Waals surface area contributed by atoms with Crippen molar-refractivity contribution in [3.05, 3.63) is 26.6 Å². The molecule has 0 aliphatic heterocycles. The van der Waals surface area contributed by atoms with Gasteiger partial charge in [0.2, 0.25) is 0 Å². The molecule has 1 aliphatic rings. The van der Waals surface area contributed by atoms with Crippen molar-refractivity contribution in [3.8, 4) is 5.75 Å². The molecule has 106 valence electrons. The fourth-order valence-corrected chi connectivity index (χ4v) is 3.48. The zero-order valence-corrected chi connectivity index (χ0v) is 14.2. The lowest BCUT2D eigenvalue weighted by Gasteiger charge is -2.16. The summed E-state index contributed by atoms with van der Waals surface area (Å²) in [5.74, 6) is 0.252. The highest BCUT2D eigenvalue weighted by molar-refractivity contribution is 9.11. The highest BCUT2D eigenvalue weighted by Crippen LogP contribution is 2.48. The minimum absolute atomic E-state index is 0.252. The third-order valence-corrected chi connectivity index (χ3v) is 4.91. The molecule has 3 nitrogen and oxygen atoms in total. The number of hydrogen-bond acceptors (Lipinski definition) is 3. The van der Waals surface area contributed by atoms with Crippen LogP contribution >= 0.6 is 31.9 Å². The van der Waals surface area contributed by atoms with Gasteiger partial charge in [0, 0.05) is 26.8 Å². The van der Waals surface area contributed by atoms with Crippen molar-refractivity contribution in [2.24, 2.45) is 5.41 Å². The molecular formula is C14H19Br2NO2. The van der Waals surface area contributed by atoms with E-state index in [2.05, 4.69) is 37.2 Å². The normalized spacial score (nSPS) is 16.6. The van der Waals surface area contributed by atoms with Crippen molar-refractivity contribution in [1.82, 2.24) is 5.32 Å². The molecule has 0 heterocycles. The Bertz CT molecular complexity index is 424. The van der Waals surface area contributed by atoms with Gasteiger partial charge in [-0.05, 0) is 74.2 Å². The van der Waals surface area contributed by atoms with Crippen molar-refractivity contribution in [1.29, 1.82) is 0 Å². The maximum atomic E-state index is 9.66. The Labute approximate surface area is 131 Å². The van der Waals surface area contributed by atoms with Crippen molar-refractivity contribution in [3.63, 3.8) is 0 Å². The Morgan fingerprint density at radius 1 is 1.32 bits per heavy atom. The zero-order valence-electron chi connectivity index (χ0n) is 11.0. The maximum Gasteiger partial charge on any atom is 0.143 e. The van der Waals surface area contributed by atoms with Gasteiger partial charge in [-0.2, -0.15) is 0 Å². The Balaban J connectivity index is 1.83. The molecule has 0 saturated heterocycles. The van der Waals surface area contributed by atoms with E-state index in [-0.39, 0.29) is 5.75 Å². The number of ether oxygens (including phenoxy) is 1. The number of phenols is 1. The van der Waals surface area contributed by atoms with E-state index < -0.39 is 0 Å². The molecule has 1 aromatic carbocycles. The van der Waals surface area contributed by atoms with Gasteiger partial charge in [-0.3, -0.25) is 0 Å². The molecule has 19 heavy (non-hydrogen) atoms. The fourth-order valence-electron chi connectivity index (χ4n) is 2.20. The average Bonchev–Trinajstić information content (AvgIpc) is 3.14. The minimum atomic E-state index is 0.252. The van der Waals surface area contributed by atoms with Crippen LogP contribution in [0.2, 0.25) is 0 Å². The van der Waals surface area contributed by atoms with Crippen molar-refractivity contribution in [2.75, 3.05) is 20.3 Å². The van der Waals surface area contributed by atoms with Gasteiger partial charge in [-0.15, -0.1) is 0 Å². The molecule has 0 amide bonds.